The summed E-state index contributed by atoms with van der Waals surface area (Å²) in [6, 6.07) is 6.40. The van der Waals surface area contributed by atoms with Crippen molar-refractivity contribution in [3.05, 3.63) is 50.4 Å². The smallest absolute Gasteiger partial charge is 0.0771 e. The fourth-order valence-corrected chi connectivity index (χ4v) is 3.10. The van der Waals surface area contributed by atoms with Gasteiger partial charge in [-0.05, 0) is 65.0 Å². The maximum absolute atomic E-state index is 4.51. The Morgan fingerprint density at radius 2 is 2.33 bits per heavy atom. The molecule has 1 unspecified atom stereocenters. The average Bonchev–Trinajstić information content (AvgIpc) is 2.78. The van der Waals surface area contributed by atoms with Crippen LogP contribution in [0.4, 0.5) is 0 Å². The van der Waals surface area contributed by atoms with Crippen LogP contribution in [0.2, 0.25) is 0 Å². The lowest BCUT2D eigenvalue weighted by atomic mass is 10.1. The standard InChI is InChI=1S/C14H17BrN2S/c1-3-6-16-13(11-8-10(2)18-9-11)14-12(15)5-4-7-17-14/h4-5,7-9,13,16H,3,6H2,1-2H3. The van der Waals surface area contributed by atoms with Gasteiger partial charge < -0.3 is 5.32 Å². The number of pyridine rings is 1. The van der Waals surface area contributed by atoms with Crippen molar-refractivity contribution in [3.8, 4) is 0 Å². The molecule has 0 aliphatic carbocycles. The predicted molar refractivity (Wildman–Crippen MR) is 81.1 cm³/mol. The molecule has 0 radical (unpaired) electrons. The molecule has 4 heteroatoms. The molecule has 2 aromatic heterocycles. The number of thiophene rings is 1. The molecule has 1 atom stereocenters. The molecule has 2 heterocycles. The van der Waals surface area contributed by atoms with E-state index >= 15 is 0 Å². The van der Waals surface area contributed by atoms with Crippen LogP contribution in [0, 0.1) is 6.92 Å². The molecule has 2 nitrogen and oxygen atoms in total. The largest absolute Gasteiger partial charge is 0.305 e. The molecule has 1 N–H and O–H groups in total. The molecule has 0 aliphatic heterocycles. The fourth-order valence-electron chi connectivity index (χ4n) is 1.89. The maximum atomic E-state index is 4.51. The zero-order valence-corrected chi connectivity index (χ0v) is 13.0. The Balaban J connectivity index is 2.33. The number of aromatic nitrogens is 1. The molecule has 0 fully saturated rings. The summed E-state index contributed by atoms with van der Waals surface area (Å²) in [4.78, 5) is 5.85. The number of aryl methyl sites for hydroxylation is 1. The van der Waals surface area contributed by atoms with Gasteiger partial charge in [0.2, 0.25) is 0 Å². The van der Waals surface area contributed by atoms with Crippen molar-refractivity contribution in [3.63, 3.8) is 0 Å². The molecule has 0 bridgehead atoms. The van der Waals surface area contributed by atoms with Crippen LogP contribution in [0.5, 0.6) is 0 Å². The normalized spacial score (nSPS) is 12.6. The van der Waals surface area contributed by atoms with Crippen molar-refractivity contribution >= 4 is 27.3 Å². The summed E-state index contributed by atoms with van der Waals surface area (Å²) in [5.41, 5.74) is 2.36. The number of rotatable bonds is 5. The molecule has 0 spiro atoms. The van der Waals surface area contributed by atoms with Crippen LogP contribution in [0.1, 0.15) is 35.5 Å². The summed E-state index contributed by atoms with van der Waals surface area (Å²) >= 11 is 5.38. The molecule has 18 heavy (non-hydrogen) atoms. The van der Waals surface area contributed by atoms with Gasteiger partial charge in [-0.3, -0.25) is 4.98 Å². The van der Waals surface area contributed by atoms with Crippen LogP contribution < -0.4 is 5.32 Å². The summed E-state index contributed by atoms with van der Waals surface area (Å²) in [6.07, 6.45) is 2.96. The minimum absolute atomic E-state index is 0.172. The number of hydrogen-bond acceptors (Lipinski definition) is 3. The second-order valence-corrected chi connectivity index (χ2v) is 6.22. The zero-order chi connectivity index (χ0) is 13.0. The molecule has 2 aromatic rings. The number of halogens is 1. The molecular weight excluding hydrogens is 308 g/mol. The van der Waals surface area contributed by atoms with Crippen molar-refractivity contribution in [2.45, 2.75) is 26.3 Å². The molecule has 0 aromatic carbocycles. The van der Waals surface area contributed by atoms with E-state index in [4.69, 9.17) is 0 Å². The van der Waals surface area contributed by atoms with Crippen molar-refractivity contribution in [2.24, 2.45) is 0 Å². The second kappa shape index (κ2) is 6.45. The van der Waals surface area contributed by atoms with Gasteiger partial charge in [-0.1, -0.05) is 6.92 Å². The van der Waals surface area contributed by atoms with E-state index in [-0.39, 0.29) is 6.04 Å². The average molecular weight is 325 g/mol. The summed E-state index contributed by atoms with van der Waals surface area (Å²) in [5, 5.41) is 5.78. The van der Waals surface area contributed by atoms with E-state index in [2.05, 4.69) is 51.5 Å². The van der Waals surface area contributed by atoms with Gasteiger partial charge in [0, 0.05) is 15.5 Å². The van der Waals surface area contributed by atoms with Crippen molar-refractivity contribution in [1.82, 2.24) is 10.3 Å². The molecule has 2 rings (SSSR count). The Morgan fingerprint density at radius 3 is 2.94 bits per heavy atom. The van der Waals surface area contributed by atoms with Gasteiger partial charge in [0.1, 0.15) is 0 Å². The number of nitrogens with zero attached hydrogens (tertiary/aromatic N) is 1. The first-order valence-electron chi connectivity index (χ1n) is 6.11. The first-order chi connectivity index (χ1) is 8.72. The Bertz CT molecular complexity index is 510. The summed E-state index contributed by atoms with van der Waals surface area (Å²) in [7, 11) is 0. The summed E-state index contributed by atoms with van der Waals surface area (Å²) in [6.45, 7) is 5.30. The third-order valence-electron chi connectivity index (χ3n) is 2.74. The van der Waals surface area contributed by atoms with Crippen molar-refractivity contribution in [2.75, 3.05) is 6.54 Å². The maximum Gasteiger partial charge on any atom is 0.0771 e. The Kier molecular flexibility index (Phi) is 4.92. The second-order valence-electron chi connectivity index (χ2n) is 4.25. The van der Waals surface area contributed by atoms with Gasteiger partial charge >= 0.3 is 0 Å². The van der Waals surface area contributed by atoms with Gasteiger partial charge in [0.05, 0.1) is 11.7 Å². The van der Waals surface area contributed by atoms with Crippen LogP contribution >= 0.6 is 27.3 Å². The molecular formula is C14H17BrN2S. The monoisotopic (exact) mass is 324 g/mol. The highest BCUT2D eigenvalue weighted by Crippen LogP contribution is 2.29. The fraction of sp³-hybridized carbons (Fsp3) is 0.357. The van der Waals surface area contributed by atoms with E-state index in [1.807, 2.05) is 18.3 Å². The topological polar surface area (TPSA) is 24.9 Å². The zero-order valence-electron chi connectivity index (χ0n) is 10.6. The van der Waals surface area contributed by atoms with Crippen LogP contribution in [0.3, 0.4) is 0 Å². The van der Waals surface area contributed by atoms with Gasteiger partial charge in [-0.15, -0.1) is 11.3 Å². The van der Waals surface area contributed by atoms with E-state index in [1.165, 1.54) is 10.4 Å². The van der Waals surface area contributed by atoms with E-state index < -0.39 is 0 Å². The highest BCUT2D eigenvalue weighted by atomic mass is 79.9. The first kappa shape index (κ1) is 13.7. The first-order valence-corrected chi connectivity index (χ1v) is 7.78. The van der Waals surface area contributed by atoms with Gasteiger partial charge in [0.15, 0.2) is 0 Å². The lowest BCUT2D eigenvalue weighted by Gasteiger charge is -2.18. The van der Waals surface area contributed by atoms with Crippen molar-refractivity contribution in [1.29, 1.82) is 0 Å². The predicted octanol–water partition coefficient (Wildman–Crippen LogP) is 4.30. The lowest BCUT2D eigenvalue weighted by molar-refractivity contribution is 0.585. The summed E-state index contributed by atoms with van der Waals surface area (Å²) < 4.78 is 1.06. The molecule has 0 saturated heterocycles. The SMILES string of the molecule is CCCNC(c1csc(C)c1)c1ncccc1Br. The van der Waals surface area contributed by atoms with Gasteiger partial charge in [-0.2, -0.15) is 0 Å². The van der Waals surface area contributed by atoms with Crippen LogP contribution in [0.15, 0.2) is 34.2 Å². The van der Waals surface area contributed by atoms with E-state index in [0.717, 1.165) is 23.1 Å². The third kappa shape index (κ3) is 3.19. The van der Waals surface area contributed by atoms with Crippen LogP contribution in [-0.2, 0) is 0 Å². The Morgan fingerprint density at radius 1 is 1.50 bits per heavy atom. The van der Waals surface area contributed by atoms with Crippen LogP contribution in [-0.4, -0.2) is 11.5 Å². The van der Waals surface area contributed by atoms with Crippen LogP contribution in [0.25, 0.3) is 0 Å². The Labute approximate surface area is 121 Å². The lowest BCUT2D eigenvalue weighted by Crippen LogP contribution is -2.24. The molecule has 96 valence electrons. The summed E-state index contributed by atoms with van der Waals surface area (Å²) in [5.74, 6) is 0. The minimum Gasteiger partial charge on any atom is -0.305 e. The number of hydrogen-bond donors (Lipinski definition) is 1. The molecule has 0 aliphatic rings. The minimum atomic E-state index is 0.172. The highest BCUT2D eigenvalue weighted by molar-refractivity contribution is 9.10. The highest BCUT2D eigenvalue weighted by Gasteiger charge is 2.18. The van der Waals surface area contributed by atoms with Crippen molar-refractivity contribution < 1.29 is 0 Å². The van der Waals surface area contributed by atoms with E-state index in [9.17, 15) is 0 Å². The quantitative estimate of drug-likeness (QED) is 0.886. The Hall–Kier alpha value is -0.710. The molecule has 0 saturated carbocycles. The third-order valence-corrected chi connectivity index (χ3v) is 4.29. The molecule has 0 amide bonds. The van der Waals surface area contributed by atoms with E-state index in [0.29, 0.717) is 0 Å². The van der Waals surface area contributed by atoms with Gasteiger partial charge in [-0.25, -0.2) is 0 Å². The number of nitrogens with one attached hydrogen (secondary N) is 1. The van der Waals surface area contributed by atoms with Gasteiger partial charge in [0.25, 0.3) is 0 Å². The van der Waals surface area contributed by atoms with E-state index in [1.54, 1.807) is 11.3 Å².